The van der Waals surface area contributed by atoms with Gasteiger partial charge in [0.2, 0.25) is 5.91 Å². The molecule has 0 aromatic heterocycles. The van der Waals surface area contributed by atoms with Crippen molar-refractivity contribution in [2.75, 3.05) is 12.4 Å². The number of ether oxygens (including phenoxy) is 1. The first-order chi connectivity index (χ1) is 8.99. The maximum atomic E-state index is 12.1. The Morgan fingerprint density at radius 3 is 2.58 bits per heavy atom. The van der Waals surface area contributed by atoms with E-state index in [0.717, 1.165) is 6.42 Å². The van der Waals surface area contributed by atoms with Crippen molar-refractivity contribution in [3.63, 3.8) is 0 Å². The SMILES string of the molecule is COc1cc(NC(=O)C2(C(=O)O)CCC2)ccc1Cl. The lowest BCUT2D eigenvalue weighted by atomic mass is 9.68. The lowest BCUT2D eigenvalue weighted by molar-refractivity contribution is -0.159. The minimum atomic E-state index is -1.28. The predicted octanol–water partition coefficient (Wildman–Crippen LogP) is 2.54. The number of carbonyl (C=O) groups excluding carboxylic acids is 1. The number of hydrogen-bond donors (Lipinski definition) is 2. The third-order valence-corrected chi connectivity index (χ3v) is 3.77. The molecule has 0 heterocycles. The molecule has 5 nitrogen and oxygen atoms in total. The van der Waals surface area contributed by atoms with Crippen molar-refractivity contribution >= 4 is 29.2 Å². The van der Waals surface area contributed by atoms with Crippen LogP contribution in [-0.4, -0.2) is 24.1 Å². The molecular weight excluding hydrogens is 270 g/mol. The first-order valence-corrected chi connectivity index (χ1v) is 6.26. The second-order valence-corrected chi connectivity index (χ2v) is 4.95. The average molecular weight is 284 g/mol. The van der Waals surface area contributed by atoms with Crippen LogP contribution in [0.2, 0.25) is 5.02 Å². The topological polar surface area (TPSA) is 75.6 Å². The lowest BCUT2D eigenvalue weighted by Crippen LogP contribution is -2.48. The largest absolute Gasteiger partial charge is 0.495 e. The molecule has 102 valence electrons. The van der Waals surface area contributed by atoms with E-state index in [4.69, 9.17) is 16.3 Å². The highest BCUT2D eigenvalue weighted by molar-refractivity contribution is 6.32. The molecule has 0 unspecified atom stereocenters. The zero-order valence-corrected chi connectivity index (χ0v) is 11.2. The molecule has 1 aromatic carbocycles. The van der Waals surface area contributed by atoms with Crippen LogP contribution in [-0.2, 0) is 9.59 Å². The summed E-state index contributed by atoms with van der Waals surface area (Å²) in [7, 11) is 1.47. The highest BCUT2D eigenvalue weighted by Gasteiger charge is 2.51. The van der Waals surface area contributed by atoms with Crippen LogP contribution in [0.1, 0.15) is 19.3 Å². The minimum Gasteiger partial charge on any atom is -0.495 e. The highest BCUT2D eigenvalue weighted by Crippen LogP contribution is 2.42. The molecule has 0 saturated heterocycles. The number of rotatable bonds is 4. The molecule has 1 aliphatic carbocycles. The van der Waals surface area contributed by atoms with Crippen molar-refractivity contribution in [2.24, 2.45) is 5.41 Å². The molecule has 6 heteroatoms. The predicted molar refractivity (Wildman–Crippen MR) is 70.6 cm³/mol. The van der Waals surface area contributed by atoms with Gasteiger partial charge < -0.3 is 15.2 Å². The van der Waals surface area contributed by atoms with Crippen LogP contribution in [0.3, 0.4) is 0 Å². The van der Waals surface area contributed by atoms with Crippen LogP contribution in [0.15, 0.2) is 18.2 Å². The summed E-state index contributed by atoms with van der Waals surface area (Å²) in [6.07, 6.45) is 1.50. The van der Waals surface area contributed by atoms with Gasteiger partial charge in [-0.25, -0.2) is 0 Å². The van der Waals surface area contributed by atoms with Crippen molar-refractivity contribution in [1.29, 1.82) is 0 Å². The summed E-state index contributed by atoms with van der Waals surface area (Å²) in [5.41, 5.74) is -0.814. The molecule has 2 rings (SSSR count). The van der Waals surface area contributed by atoms with Crippen molar-refractivity contribution in [3.8, 4) is 5.75 Å². The number of benzene rings is 1. The van der Waals surface area contributed by atoms with Crippen molar-refractivity contribution in [1.82, 2.24) is 0 Å². The van der Waals surface area contributed by atoms with E-state index in [0.29, 0.717) is 29.3 Å². The molecule has 0 radical (unpaired) electrons. The van der Waals surface area contributed by atoms with Crippen LogP contribution >= 0.6 is 11.6 Å². The van der Waals surface area contributed by atoms with Gasteiger partial charge in [-0.1, -0.05) is 18.0 Å². The Balaban J connectivity index is 2.17. The van der Waals surface area contributed by atoms with Gasteiger partial charge in [0.1, 0.15) is 11.2 Å². The van der Waals surface area contributed by atoms with Crippen molar-refractivity contribution in [3.05, 3.63) is 23.2 Å². The summed E-state index contributed by atoms with van der Waals surface area (Å²) in [6.45, 7) is 0. The Morgan fingerprint density at radius 1 is 1.42 bits per heavy atom. The van der Waals surface area contributed by atoms with Gasteiger partial charge in [0, 0.05) is 11.8 Å². The Labute approximate surface area is 115 Å². The van der Waals surface area contributed by atoms with E-state index < -0.39 is 17.3 Å². The maximum Gasteiger partial charge on any atom is 0.319 e. The first kappa shape index (κ1) is 13.7. The molecule has 1 aromatic rings. The summed E-state index contributed by atoms with van der Waals surface area (Å²) >= 11 is 5.88. The molecule has 0 aliphatic heterocycles. The molecule has 19 heavy (non-hydrogen) atoms. The first-order valence-electron chi connectivity index (χ1n) is 5.88. The number of carboxylic acid groups (broad SMARTS) is 1. The number of carboxylic acids is 1. The number of amides is 1. The van der Waals surface area contributed by atoms with Crippen LogP contribution < -0.4 is 10.1 Å². The summed E-state index contributed by atoms with van der Waals surface area (Å²) in [5, 5.41) is 12.2. The Morgan fingerprint density at radius 2 is 2.11 bits per heavy atom. The zero-order valence-electron chi connectivity index (χ0n) is 10.4. The Bertz CT molecular complexity index is 525. The molecule has 1 aliphatic rings. The third-order valence-electron chi connectivity index (χ3n) is 3.46. The Kier molecular flexibility index (Phi) is 3.66. The van der Waals surface area contributed by atoms with Gasteiger partial charge in [-0.2, -0.15) is 0 Å². The average Bonchev–Trinajstić information content (AvgIpc) is 2.29. The minimum absolute atomic E-state index is 0.374. The fraction of sp³-hybridized carbons (Fsp3) is 0.385. The van der Waals surface area contributed by atoms with Gasteiger partial charge in [-0.15, -0.1) is 0 Å². The van der Waals surface area contributed by atoms with Crippen LogP contribution in [0, 0.1) is 5.41 Å². The smallest absolute Gasteiger partial charge is 0.319 e. The van der Waals surface area contributed by atoms with Gasteiger partial charge in [-0.05, 0) is 25.0 Å². The standard InChI is InChI=1S/C13H14ClNO4/c1-19-10-7-8(3-4-9(10)14)15-11(16)13(12(17)18)5-2-6-13/h3-4,7H,2,5-6H2,1H3,(H,15,16)(H,17,18). The van der Waals surface area contributed by atoms with Crippen LogP contribution in [0.25, 0.3) is 0 Å². The second-order valence-electron chi connectivity index (χ2n) is 4.54. The highest BCUT2D eigenvalue weighted by atomic mass is 35.5. The lowest BCUT2D eigenvalue weighted by Gasteiger charge is -2.35. The summed E-state index contributed by atoms with van der Waals surface area (Å²) < 4.78 is 5.04. The molecule has 0 bridgehead atoms. The maximum absolute atomic E-state index is 12.1. The number of methoxy groups -OCH3 is 1. The summed E-state index contributed by atoms with van der Waals surface area (Å²) in [4.78, 5) is 23.3. The van der Waals surface area contributed by atoms with E-state index in [1.165, 1.54) is 7.11 Å². The van der Waals surface area contributed by atoms with Crippen molar-refractivity contribution in [2.45, 2.75) is 19.3 Å². The fourth-order valence-corrected chi connectivity index (χ4v) is 2.25. The van der Waals surface area contributed by atoms with Gasteiger partial charge in [-0.3, -0.25) is 9.59 Å². The molecule has 1 saturated carbocycles. The van der Waals surface area contributed by atoms with Gasteiger partial charge in [0.05, 0.1) is 12.1 Å². The molecule has 0 atom stereocenters. The van der Waals surface area contributed by atoms with Crippen LogP contribution in [0.5, 0.6) is 5.75 Å². The number of aliphatic carboxylic acids is 1. The monoisotopic (exact) mass is 283 g/mol. The molecular formula is C13H14ClNO4. The van der Waals surface area contributed by atoms with E-state index in [1.807, 2.05) is 0 Å². The molecule has 1 amide bonds. The fourth-order valence-electron chi connectivity index (χ4n) is 2.06. The quantitative estimate of drug-likeness (QED) is 0.833. The second kappa shape index (κ2) is 5.09. The number of hydrogen-bond acceptors (Lipinski definition) is 3. The van der Waals surface area contributed by atoms with Gasteiger partial charge >= 0.3 is 5.97 Å². The number of nitrogens with one attached hydrogen (secondary N) is 1. The van der Waals surface area contributed by atoms with Crippen LogP contribution in [0.4, 0.5) is 5.69 Å². The third kappa shape index (κ3) is 2.38. The normalized spacial score (nSPS) is 16.3. The van der Waals surface area contributed by atoms with Crippen molar-refractivity contribution < 1.29 is 19.4 Å². The number of halogens is 1. The van der Waals surface area contributed by atoms with Gasteiger partial charge in [0.15, 0.2) is 0 Å². The summed E-state index contributed by atoms with van der Waals surface area (Å²) in [6, 6.07) is 4.76. The molecule has 1 fully saturated rings. The van der Waals surface area contributed by atoms with Gasteiger partial charge in [0.25, 0.3) is 0 Å². The number of carbonyl (C=O) groups is 2. The summed E-state index contributed by atoms with van der Waals surface area (Å²) in [5.74, 6) is -1.13. The van der Waals surface area contributed by atoms with E-state index in [2.05, 4.69) is 5.32 Å². The van der Waals surface area contributed by atoms with E-state index in [9.17, 15) is 14.7 Å². The molecule has 0 spiro atoms. The van der Waals surface area contributed by atoms with E-state index in [-0.39, 0.29) is 0 Å². The number of anilines is 1. The molecule has 2 N–H and O–H groups in total. The Hall–Kier alpha value is -1.75. The zero-order chi connectivity index (χ0) is 14.0. The van der Waals surface area contributed by atoms with E-state index >= 15 is 0 Å². The van der Waals surface area contributed by atoms with E-state index in [1.54, 1.807) is 18.2 Å².